The quantitative estimate of drug-likeness (QED) is 0.541. The summed E-state index contributed by atoms with van der Waals surface area (Å²) in [7, 11) is 0. The molecule has 152 valence electrons. The lowest BCUT2D eigenvalue weighted by Gasteiger charge is -2.08. The Kier molecular flexibility index (Phi) is 5.09. The van der Waals surface area contributed by atoms with E-state index in [2.05, 4.69) is 15.5 Å². The highest BCUT2D eigenvalue weighted by molar-refractivity contribution is 6.33. The molecule has 0 saturated carbocycles. The lowest BCUT2D eigenvalue weighted by Crippen LogP contribution is -2.30. The fraction of sp³-hybridized carbons (Fsp3) is 0.143. The fourth-order valence-corrected chi connectivity index (χ4v) is 3.28. The van der Waals surface area contributed by atoms with Crippen molar-refractivity contribution in [2.75, 3.05) is 5.32 Å². The van der Waals surface area contributed by atoms with Crippen LogP contribution in [-0.4, -0.2) is 25.3 Å². The molecule has 0 radical (unpaired) electrons. The van der Waals surface area contributed by atoms with E-state index in [1.165, 1.54) is 23.0 Å². The van der Waals surface area contributed by atoms with Gasteiger partial charge >= 0.3 is 0 Å². The number of nitrogens with one attached hydrogen (secondary N) is 1. The van der Waals surface area contributed by atoms with Crippen LogP contribution in [0.5, 0.6) is 0 Å². The molecule has 2 heterocycles. The Balaban J connectivity index is 1.63. The second-order valence-corrected chi connectivity index (χ2v) is 7.35. The minimum absolute atomic E-state index is 0.123. The Morgan fingerprint density at radius 2 is 1.97 bits per heavy atom. The van der Waals surface area contributed by atoms with Crippen LogP contribution >= 0.6 is 11.6 Å². The standard InChI is InChI=1S/C21H17ClFN5O2/c1-12-3-4-13(2)15(7-12)17-9-19-21(30)27(24-11-28(19)26-17)10-20(29)25-18-8-14(23)5-6-16(18)22/h3-9,11H,10H2,1-2H3,(H,25,29). The Morgan fingerprint density at radius 1 is 1.17 bits per heavy atom. The predicted molar refractivity (Wildman–Crippen MR) is 112 cm³/mol. The zero-order valence-corrected chi connectivity index (χ0v) is 16.9. The summed E-state index contributed by atoms with van der Waals surface area (Å²) in [5.74, 6) is -1.10. The number of halogens is 2. The van der Waals surface area contributed by atoms with E-state index in [9.17, 15) is 14.0 Å². The van der Waals surface area contributed by atoms with Gasteiger partial charge in [0.1, 0.15) is 24.2 Å². The normalized spacial score (nSPS) is 11.1. The fourth-order valence-electron chi connectivity index (χ4n) is 3.11. The third-order valence-corrected chi connectivity index (χ3v) is 4.98. The van der Waals surface area contributed by atoms with E-state index in [1.54, 1.807) is 6.07 Å². The van der Waals surface area contributed by atoms with Crippen molar-refractivity contribution in [2.45, 2.75) is 20.4 Å². The molecule has 7 nitrogen and oxygen atoms in total. The molecule has 0 fully saturated rings. The molecule has 9 heteroatoms. The third-order valence-electron chi connectivity index (χ3n) is 4.65. The number of hydrogen-bond donors (Lipinski definition) is 1. The van der Waals surface area contributed by atoms with Crippen LogP contribution in [0.1, 0.15) is 11.1 Å². The Bertz CT molecular complexity index is 1350. The van der Waals surface area contributed by atoms with Crippen molar-refractivity contribution in [3.8, 4) is 11.3 Å². The van der Waals surface area contributed by atoms with E-state index in [0.717, 1.165) is 27.4 Å². The molecule has 0 saturated heterocycles. The molecule has 0 unspecified atom stereocenters. The van der Waals surface area contributed by atoms with Gasteiger partial charge in [0, 0.05) is 5.56 Å². The molecule has 30 heavy (non-hydrogen) atoms. The number of amides is 1. The molecular formula is C21H17ClFN5O2. The zero-order valence-electron chi connectivity index (χ0n) is 16.2. The van der Waals surface area contributed by atoms with Gasteiger partial charge in [0.25, 0.3) is 5.56 Å². The van der Waals surface area contributed by atoms with E-state index in [4.69, 9.17) is 11.6 Å². The van der Waals surface area contributed by atoms with Crippen LogP contribution in [0.15, 0.2) is 53.6 Å². The molecule has 1 amide bonds. The van der Waals surface area contributed by atoms with Gasteiger partial charge in [0.15, 0.2) is 0 Å². The number of nitrogens with zero attached hydrogens (tertiary/aromatic N) is 4. The Morgan fingerprint density at radius 3 is 2.77 bits per heavy atom. The van der Waals surface area contributed by atoms with E-state index >= 15 is 0 Å². The number of carbonyl (C=O) groups excluding carboxylic acids is 1. The summed E-state index contributed by atoms with van der Waals surface area (Å²) in [6.07, 6.45) is 1.37. The van der Waals surface area contributed by atoms with Gasteiger partial charge in [-0.05, 0) is 49.7 Å². The number of fused-ring (bicyclic) bond motifs is 1. The molecule has 2 aromatic heterocycles. The smallest absolute Gasteiger partial charge is 0.293 e. The number of benzene rings is 2. The summed E-state index contributed by atoms with van der Waals surface area (Å²) < 4.78 is 15.8. The van der Waals surface area contributed by atoms with Gasteiger partial charge in [-0.15, -0.1) is 0 Å². The van der Waals surface area contributed by atoms with Crippen molar-refractivity contribution in [3.63, 3.8) is 0 Å². The first-order valence-electron chi connectivity index (χ1n) is 9.10. The first-order valence-corrected chi connectivity index (χ1v) is 9.47. The molecule has 0 aliphatic heterocycles. The van der Waals surface area contributed by atoms with Gasteiger partial charge in [0.05, 0.1) is 16.4 Å². The number of carbonyl (C=O) groups is 1. The number of aryl methyl sites for hydroxylation is 2. The summed E-state index contributed by atoms with van der Waals surface area (Å²) in [4.78, 5) is 25.1. The Hall–Kier alpha value is -3.52. The van der Waals surface area contributed by atoms with Crippen LogP contribution in [0, 0.1) is 19.7 Å². The average Bonchev–Trinajstić information content (AvgIpc) is 3.14. The molecule has 4 rings (SSSR count). The van der Waals surface area contributed by atoms with Gasteiger partial charge in [-0.25, -0.2) is 13.6 Å². The Labute approximate surface area is 175 Å². The van der Waals surface area contributed by atoms with Crippen LogP contribution in [0.25, 0.3) is 16.8 Å². The number of hydrogen-bond acceptors (Lipinski definition) is 4. The summed E-state index contributed by atoms with van der Waals surface area (Å²) in [5, 5.41) is 11.1. The SMILES string of the molecule is Cc1ccc(C)c(-c2cc3c(=O)n(CC(=O)Nc4cc(F)ccc4Cl)ncn3n2)c1. The molecule has 2 aromatic carbocycles. The van der Waals surface area contributed by atoms with Crippen molar-refractivity contribution in [1.82, 2.24) is 19.4 Å². The van der Waals surface area contributed by atoms with Crippen molar-refractivity contribution in [2.24, 2.45) is 0 Å². The zero-order chi connectivity index (χ0) is 21.4. The van der Waals surface area contributed by atoms with Crippen LogP contribution in [-0.2, 0) is 11.3 Å². The summed E-state index contributed by atoms with van der Waals surface area (Å²) in [6.45, 7) is 3.60. The highest BCUT2D eigenvalue weighted by atomic mass is 35.5. The lowest BCUT2D eigenvalue weighted by molar-refractivity contribution is -0.117. The highest BCUT2D eigenvalue weighted by Crippen LogP contribution is 2.24. The van der Waals surface area contributed by atoms with E-state index in [1.807, 2.05) is 32.0 Å². The number of anilines is 1. The van der Waals surface area contributed by atoms with Crippen LogP contribution in [0.4, 0.5) is 10.1 Å². The van der Waals surface area contributed by atoms with E-state index < -0.39 is 17.3 Å². The molecule has 1 N–H and O–H groups in total. The maximum absolute atomic E-state index is 13.4. The first-order chi connectivity index (χ1) is 14.3. The van der Waals surface area contributed by atoms with Gasteiger partial charge in [0.2, 0.25) is 5.91 Å². The van der Waals surface area contributed by atoms with Gasteiger partial charge in [-0.2, -0.15) is 10.2 Å². The monoisotopic (exact) mass is 425 g/mol. The molecule has 0 atom stereocenters. The molecule has 0 aliphatic carbocycles. The molecule has 0 spiro atoms. The van der Waals surface area contributed by atoms with Gasteiger partial charge < -0.3 is 5.32 Å². The summed E-state index contributed by atoms with van der Waals surface area (Å²) in [6, 6.07) is 11.3. The molecule has 4 aromatic rings. The molecule has 0 bridgehead atoms. The van der Waals surface area contributed by atoms with Crippen LogP contribution < -0.4 is 10.9 Å². The second kappa shape index (κ2) is 7.72. The summed E-state index contributed by atoms with van der Waals surface area (Å²) >= 11 is 5.96. The first kappa shape index (κ1) is 19.8. The largest absolute Gasteiger partial charge is 0.323 e. The predicted octanol–water partition coefficient (Wildman–Crippen LogP) is 3.61. The van der Waals surface area contributed by atoms with E-state index in [-0.39, 0.29) is 22.8 Å². The number of rotatable bonds is 4. The van der Waals surface area contributed by atoms with Crippen molar-refractivity contribution in [3.05, 3.63) is 81.1 Å². The third kappa shape index (κ3) is 3.81. The maximum atomic E-state index is 13.4. The van der Waals surface area contributed by atoms with E-state index in [0.29, 0.717) is 5.69 Å². The minimum atomic E-state index is -0.560. The van der Waals surface area contributed by atoms with Crippen molar-refractivity contribution >= 4 is 28.7 Å². The minimum Gasteiger partial charge on any atom is -0.323 e. The molecular weight excluding hydrogens is 409 g/mol. The van der Waals surface area contributed by atoms with Gasteiger partial charge in [-0.3, -0.25) is 9.59 Å². The lowest BCUT2D eigenvalue weighted by atomic mass is 10.0. The molecule has 0 aliphatic rings. The topological polar surface area (TPSA) is 81.3 Å². The van der Waals surface area contributed by atoms with Crippen LogP contribution in [0.2, 0.25) is 5.02 Å². The number of aromatic nitrogens is 4. The van der Waals surface area contributed by atoms with Crippen molar-refractivity contribution < 1.29 is 9.18 Å². The van der Waals surface area contributed by atoms with Gasteiger partial charge in [-0.1, -0.05) is 29.3 Å². The summed E-state index contributed by atoms with van der Waals surface area (Å²) in [5.41, 5.74) is 3.61. The second-order valence-electron chi connectivity index (χ2n) is 6.94. The highest BCUT2D eigenvalue weighted by Gasteiger charge is 2.14. The average molecular weight is 426 g/mol. The van der Waals surface area contributed by atoms with Crippen molar-refractivity contribution in [1.29, 1.82) is 0 Å². The maximum Gasteiger partial charge on any atom is 0.293 e. The van der Waals surface area contributed by atoms with Crippen LogP contribution in [0.3, 0.4) is 0 Å².